The van der Waals surface area contributed by atoms with Crippen molar-refractivity contribution in [2.45, 2.75) is 44.8 Å². The summed E-state index contributed by atoms with van der Waals surface area (Å²) in [4.78, 5) is 0. The molecular weight excluding hydrogens is 278 g/mol. The topological polar surface area (TPSA) is 39.7 Å². The van der Waals surface area contributed by atoms with Crippen LogP contribution in [0.15, 0.2) is 24.3 Å². The van der Waals surface area contributed by atoms with E-state index >= 15 is 0 Å². The van der Waals surface area contributed by atoms with Crippen LogP contribution in [0.3, 0.4) is 0 Å². The van der Waals surface area contributed by atoms with Crippen LogP contribution in [0.5, 0.6) is 5.75 Å². The van der Waals surface area contributed by atoms with Crippen LogP contribution in [0.2, 0.25) is 0 Å². The van der Waals surface area contributed by atoms with Crippen molar-refractivity contribution >= 4 is 5.69 Å². The molecule has 0 unspecified atom stereocenters. The van der Waals surface area contributed by atoms with Crippen molar-refractivity contribution in [1.82, 2.24) is 0 Å². The van der Waals surface area contributed by atoms with Crippen molar-refractivity contribution in [3.63, 3.8) is 0 Å². The third-order valence-corrected chi connectivity index (χ3v) is 4.50. The number of nitrogens with one attached hydrogen (secondary N) is 1. The standard InChI is InChI=1S/C18H27NO3/c1-14(12-15-6-9-20-10-7-15)19-17-4-2-3-5-18(17)22-16-8-11-21-13-16/h2-5,14-16,19H,6-13H2,1H3/t14-,16-/m0/s1. The zero-order valence-electron chi connectivity index (χ0n) is 13.4. The molecule has 0 bridgehead atoms. The molecule has 122 valence electrons. The highest BCUT2D eigenvalue weighted by Gasteiger charge is 2.20. The lowest BCUT2D eigenvalue weighted by atomic mass is 9.93. The number of ether oxygens (including phenoxy) is 3. The smallest absolute Gasteiger partial charge is 0.142 e. The van der Waals surface area contributed by atoms with Crippen LogP contribution in [0.1, 0.15) is 32.6 Å². The van der Waals surface area contributed by atoms with Gasteiger partial charge < -0.3 is 19.5 Å². The molecule has 22 heavy (non-hydrogen) atoms. The van der Waals surface area contributed by atoms with Gasteiger partial charge in [0.15, 0.2) is 0 Å². The Morgan fingerprint density at radius 1 is 1.14 bits per heavy atom. The lowest BCUT2D eigenvalue weighted by Crippen LogP contribution is -2.24. The van der Waals surface area contributed by atoms with E-state index in [1.54, 1.807) is 0 Å². The van der Waals surface area contributed by atoms with Gasteiger partial charge in [-0.3, -0.25) is 0 Å². The van der Waals surface area contributed by atoms with E-state index in [1.165, 1.54) is 19.3 Å². The van der Waals surface area contributed by atoms with Gasteiger partial charge in [0.1, 0.15) is 11.9 Å². The maximum atomic E-state index is 6.09. The highest BCUT2D eigenvalue weighted by molar-refractivity contribution is 5.56. The molecule has 1 aromatic rings. The summed E-state index contributed by atoms with van der Waals surface area (Å²) in [5.74, 6) is 1.71. The highest BCUT2D eigenvalue weighted by atomic mass is 16.5. The Kier molecular flexibility index (Phi) is 5.57. The van der Waals surface area contributed by atoms with E-state index in [0.29, 0.717) is 12.6 Å². The molecule has 1 N–H and O–H groups in total. The number of hydrogen-bond acceptors (Lipinski definition) is 4. The normalized spacial score (nSPS) is 24.1. The summed E-state index contributed by atoms with van der Waals surface area (Å²) >= 11 is 0. The maximum Gasteiger partial charge on any atom is 0.142 e. The van der Waals surface area contributed by atoms with Gasteiger partial charge in [-0.05, 0) is 44.2 Å². The van der Waals surface area contributed by atoms with Crippen LogP contribution in [0.25, 0.3) is 0 Å². The maximum absolute atomic E-state index is 6.09. The zero-order valence-corrected chi connectivity index (χ0v) is 13.4. The molecule has 0 radical (unpaired) electrons. The fourth-order valence-electron chi connectivity index (χ4n) is 3.28. The summed E-state index contributed by atoms with van der Waals surface area (Å²) in [6.07, 6.45) is 4.72. The first-order valence-corrected chi connectivity index (χ1v) is 8.49. The molecule has 0 aromatic heterocycles. The zero-order chi connectivity index (χ0) is 15.2. The molecule has 0 spiro atoms. The van der Waals surface area contributed by atoms with Crippen molar-refractivity contribution in [3.05, 3.63) is 24.3 Å². The van der Waals surface area contributed by atoms with E-state index in [2.05, 4.69) is 24.4 Å². The van der Waals surface area contributed by atoms with Crippen molar-refractivity contribution in [2.75, 3.05) is 31.7 Å². The van der Waals surface area contributed by atoms with Crippen LogP contribution in [-0.2, 0) is 9.47 Å². The van der Waals surface area contributed by atoms with Gasteiger partial charge in [-0.1, -0.05) is 12.1 Å². The number of rotatable bonds is 6. The molecular formula is C18H27NO3. The molecule has 0 aliphatic carbocycles. The Hall–Kier alpha value is -1.26. The molecule has 0 amide bonds. The summed E-state index contributed by atoms with van der Waals surface area (Å²) in [6, 6.07) is 8.67. The van der Waals surface area contributed by atoms with Crippen molar-refractivity contribution in [3.8, 4) is 5.75 Å². The summed E-state index contributed by atoms with van der Waals surface area (Å²) < 4.78 is 16.9. The first kappa shape index (κ1) is 15.6. The minimum Gasteiger partial charge on any atom is -0.486 e. The fourth-order valence-corrected chi connectivity index (χ4v) is 3.28. The van der Waals surface area contributed by atoms with Gasteiger partial charge in [0.2, 0.25) is 0 Å². The quantitative estimate of drug-likeness (QED) is 0.873. The van der Waals surface area contributed by atoms with E-state index < -0.39 is 0 Å². The fraction of sp³-hybridized carbons (Fsp3) is 0.667. The van der Waals surface area contributed by atoms with Crippen molar-refractivity contribution in [2.24, 2.45) is 5.92 Å². The minimum absolute atomic E-state index is 0.189. The molecule has 0 saturated carbocycles. The predicted octanol–water partition coefficient (Wildman–Crippen LogP) is 3.47. The predicted molar refractivity (Wildman–Crippen MR) is 87.5 cm³/mol. The highest BCUT2D eigenvalue weighted by Crippen LogP contribution is 2.29. The second kappa shape index (κ2) is 7.84. The van der Waals surface area contributed by atoms with Gasteiger partial charge in [0, 0.05) is 25.7 Å². The van der Waals surface area contributed by atoms with Crippen LogP contribution in [0.4, 0.5) is 5.69 Å². The number of para-hydroxylation sites is 2. The van der Waals surface area contributed by atoms with Crippen molar-refractivity contribution in [1.29, 1.82) is 0 Å². The SMILES string of the molecule is C[C@@H](CC1CCOCC1)Nc1ccccc1O[C@H]1CCOC1. The van der Waals surface area contributed by atoms with Gasteiger partial charge in [0.25, 0.3) is 0 Å². The number of anilines is 1. The largest absolute Gasteiger partial charge is 0.486 e. The van der Waals surface area contributed by atoms with Gasteiger partial charge in [-0.15, -0.1) is 0 Å². The first-order chi connectivity index (χ1) is 10.8. The van der Waals surface area contributed by atoms with Crippen LogP contribution in [0, 0.1) is 5.92 Å². The lowest BCUT2D eigenvalue weighted by molar-refractivity contribution is 0.0629. The molecule has 1 aromatic carbocycles. The van der Waals surface area contributed by atoms with Gasteiger partial charge in [-0.25, -0.2) is 0 Å². The Balaban J connectivity index is 1.56. The Labute approximate surface area is 133 Å². The molecule has 2 saturated heterocycles. The van der Waals surface area contributed by atoms with E-state index in [0.717, 1.165) is 43.6 Å². The molecule has 2 fully saturated rings. The minimum atomic E-state index is 0.189. The van der Waals surface area contributed by atoms with Gasteiger partial charge >= 0.3 is 0 Å². The van der Waals surface area contributed by atoms with E-state index in [9.17, 15) is 0 Å². The van der Waals surface area contributed by atoms with Gasteiger partial charge in [-0.2, -0.15) is 0 Å². The van der Waals surface area contributed by atoms with Crippen LogP contribution < -0.4 is 10.1 Å². The Morgan fingerprint density at radius 3 is 2.68 bits per heavy atom. The van der Waals surface area contributed by atoms with Crippen LogP contribution >= 0.6 is 0 Å². The third kappa shape index (κ3) is 4.37. The average molecular weight is 305 g/mol. The Bertz CT molecular complexity index is 453. The van der Waals surface area contributed by atoms with E-state index in [4.69, 9.17) is 14.2 Å². The molecule has 2 heterocycles. The van der Waals surface area contributed by atoms with E-state index in [-0.39, 0.29) is 6.10 Å². The van der Waals surface area contributed by atoms with E-state index in [1.807, 2.05) is 12.1 Å². The molecule has 2 atom stereocenters. The first-order valence-electron chi connectivity index (χ1n) is 8.49. The molecule has 2 aliphatic rings. The molecule has 4 nitrogen and oxygen atoms in total. The lowest BCUT2D eigenvalue weighted by Gasteiger charge is -2.26. The summed E-state index contributed by atoms with van der Waals surface area (Å²) in [5.41, 5.74) is 1.09. The third-order valence-electron chi connectivity index (χ3n) is 4.50. The summed E-state index contributed by atoms with van der Waals surface area (Å²) in [5, 5.41) is 3.63. The summed E-state index contributed by atoms with van der Waals surface area (Å²) in [6.45, 7) is 5.59. The molecule has 4 heteroatoms. The number of benzene rings is 1. The molecule has 2 aliphatic heterocycles. The molecule has 3 rings (SSSR count). The number of hydrogen-bond donors (Lipinski definition) is 1. The van der Waals surface area contributed by atoms with Crippen molar-refractivity contribution < 1.29 is 14.2 Å². The van der Waals surface area contributed by atoms with Gasteiger partial charge in [0.05, 0.1) is 18.9 Å². The van der Waals surface area contributed by atoms with Crippen LogP contribution in [-0.4, -0.2) is 38.6 Å². The average Bonchev–Trinajstić information content (AvgIpc) is 3.03. The second-order valence-electron chi connectivity index (χ2n) is 6.44. The summed E-state index contributed by atoms with van der Waals surface area (Å²) in [7, 11) is 0. The second-order valence-corrected chi connectivity index (χ2v) is 6.44. The Morgan fingerprint density at radius 2 is 1.91 bits per heavy atom. The monoisotopic (exact) mass is 305 g/mol.